The van der Waals surface area contributed by atoms with Crippen molar-refractivity contribution in [1.29, 1.82) is 0 Å². The zero-order valence-electron chi connectivity index (χ0n) is 19.3. The predicted molar refractivity (Wildman–Crippen MR) is 139 cm³/mol. The van der Waals surface area contributed by atoms with Gasteiger partial charge in [-0.3, -0.25) is 0 Å². The molecule has 3 heterocycles. The lowest BCUT2D eigenvalue weighted by molar-refractivity contribution is 0.305. The van der Waals surface area contributed by atoms with Crippen LogP contribution in [0.15, 0.2) is 52.0 Å². The highest BCUT2D eigenvalue weighted by molar-refractivity contribution is 9.10. The first-order valence-electron chi connectivity index (χ1n) is 11.9. The van der Waals surface area contributed by atoms with E-state index in [4.69, 9.17) is 9.72 Å². The van der Waals surface area contributed by atoms with Crippen LogP contribution in [0.3, 0.4) is 0 Å². The first-order chi connectivity index (χ1) is 17.1. The molecule has 0 spiro atoms. The fraction of sp³-hybridized carbons (Fsp3) is 0.360. The van der Waals surface area contributed by atoms with E-state index >= 15 is 0 Å². The van der Waals surface area contributed by atoms with Crippen molar-refractivity contribution in [2.75, 3.05) is 41.4 Å². The van der Waals surface area contributed by atoms with E-state index in [1.165, 1.54) is 12.1 Å². The summed E-state index contributed by atoms with van der Waals surface area (Å²) >= 11 is 3.51. The molecule has 2 saturated heterocycles. The highest BCUT2D eigenvalue weighted by Crippen LogP contribution is 2.24. The van der Waals surface area contributed by atoms with Gasteiger partial charge in [0.15, 0.2) is 0 Å². The number of hydrogen-bond acceptors (Lipinski definition) is 8. The molecule has 0 saturated carbocycles. The maximum absolute atomic E-state index is 13.2. The van der Waals surface area contributed by atoms with E-state index in [-0.39, 0.29) is 5.82 Å². The summed E-state index contributed by atoms with van der Waals surface area (Å²) < 4.78 is 20.1. The molecule has 2 aliphatic heterocycles. The van der Waals surface area contributed by atoms with Crippen molar-refractivity contribution in [2.45, 2.75) is 32.3 Å². The molecule has 1 N–H and O–H groups in total. The lowest BCUT2D eigenvalue weighted by atomic mass is 10.2. The zero-order chi connectivity index (χ0) is 24.0. The van der Waals surface area contributed by atoms with Crippen molar-refractivity contribution < 1.29 is 9.13 Å². The fourth-order valence-electron chi connectivity index (χ4n) is 4.17. The molecule has 35 heavy (non-hydrogen) atoms. The number of nitrogens with zero attached hydrogens (tertiary/aromatic N) is 6. The molecule has 0 amide bonds. The number of aromatic nitrogens is 3. The van der Waals surface area contributed by atoms with E-state index in [2.05, 4.69) is 46.2 Å². The lowest BCUT2D eigenvalue weighted by Crippen LogP contribution is -2.25. The Morgan fingerprint density at radius 1 is 0.914 bits per heavy atom. The smallest absolute Gasteiger partial charge is 0.250 e. The molecular formula is C25H27BrFN7O. The van der Waals surface area contributed by atoms with Gasteiger partial charge in [-0.2, -0.15) is 20.1 Å². The summed E-state index contributed by atoms with van der Waals surface area (Å²) in [4.78, 5) is 18.4. The molecule has 2 aliphatic rings. The van der Waals surface area contributed by atoms with Gasteiger partial charge in [0.25, 0.3) is 0 Å². The number of halogens is 2. The number of anilines is 3. The topological polar surface area (TPSA) is 78.8 Å². The molecule has 0 aliphatic carbocycles. The van der Waals surface area contributed by atoms with Gasteiger partial charge < -0.3 is 14.5 Å². The van der Waals surface area contributed by atoms with E-state index in [1.54, 1.807) is 18.3 Å². The van der Waals surface area contributed by atoms with E-state index in [0.29, 0.717) is 30.2 Å². The van der Waals surface area contributed by atoms with Gasteiger partial charge in [0.2, 0.25) is 17.8 Å². The first kappa shape index (κ1) is 23.5. The molecule has 182 valence electrons. The van der Waals surface area contributed by atoms with Crippen LogP contribution < -0.4 is 20.0 Å². The van der Waals surface area contributed by atoms with Gasteiger partial charge in [-0.25, -0.2) is 9.82 Å². The lowest BCUT2D eigenvalue weighted by Gasteiger charge is -2.20. The highest BCUT2D eigenvalue weighted by Gasteiger charge is 2.21. The number of benzene rings is 2. The van der Waals surface area contributed by atoms with Crippen LogP contribution in [0.5, 0.6) is 5.75 Å². The monoisotopic (exact) mass is 539 g/mol. The molecule has 0 bridgehead atoms. The normalized spacial score (nSPS) is 15.8. The Bertz CT molecular complexity index is 1140. The van der Waals surface area contributed by atoms with Crippen LogP contribution in [-0.4, -0.2) is 47.3 Å². The molecule has 0 radical (unpaired) electrons. The summed E-state index contributed by atoms with van der Waals surface area (Å²) in [5.74, 6) is 2.21. The van der Waals surface area contributed by atoms with Gasteiger partial charge in [-0.15, -0.1) is 0 Å². The summed E-state index contributed by atoms with van der Waals surface area (Å²) in [5.41, 5.74) is 4.65. The highest BCUT2D eigenvalue weighted by atomic mass is 79.9. The summed E-state index contributed by atoms with van der Waals surface area (Å²) in [6, 6.07) is 12.0. The van der Waals surface area contributed by atoms with Crippen LogP contribution in [0.4, 0.5) is 22.2 Å². The summed E-state index contributed by atoms with van der Waals surface area (Å²) in [6.45, 7) is 4.15. The average molecular weight is 540 g/mol. The average Bonchev–Trinajstić information content (AvgIpc) is 3.59. The minimum absolute atomic E-state index is 0.268. The van der Waals surface area contributed by atoms with Crippen LogP contribution in [0, 0.1) is 5.82 Å². The number of hydrazone groups is 1. The molecule has 1 aromatic heterocycles. The number of rotatable bonds is 8. The second-order valence-corrected chi connectivity index (χ2v) is 9.53. The summed E-state index contributed by atoms with van der Waals surface area (Å²) in [7, 11) is 0. The Kier molecular flexibility index (Phi) is 7.37. The third kappa shape index (κ3) is 6.05. The molecule has 0 unspecified atom stereocenters. The van der Waals surface area contributed by atoms with Crippen LogP contribution >= 0.6 is 15.9 Å². The van der Waals surface area contributed by atoms with Crippen molar-refractivity contribution in [3.8, 4) is 5.75 Å². The van der Waals surface area contributed by atoms with Crippen LogP contribution in [0.1, 0.15) is 36.8 Å². The maximum atomic E-state index is 13.2. The number of ether oxygens (including phenoxy) is 1. The van der Waals surface area contributed by atoms with E-state index in [1.807, 2.05) is 18.2 Å². The predicted octanol–water partition coefficient (Wildman–Crippen LogP) is 5.00. The molecule has 8 nitrogen and oxygen atoms in total. The van der Waals surface area contributed by atoms with Crippen LogP contribution in [-0.2, 0) is 6.61 Å². The summed E-state index contributed by atoms with van der Waals surface area (Å²) in [5, 5.41) is 4.40. The second kappa shape index (κ2) is 11.0. The minimum Gasteiger partial charge on any atom is -0.488 e. The van der Waals surface area contributed by atoms with Gasteiger partial charge in [-0.05, 0) is 61.6 Å². The van der Waals surface area contributed by atoms with Gasteiger partial charge in [0, 0.05) is 36.2 Å². The molecule has 0 atom stereocenters. The Morgan fingerprint density at radius 3 is 2.17 bits per heavy atom. The second-order valence-electron chi connectivity index (χ2n) is 8.61. The third-order valence-corrected chi connectivity index (χ3v) is 6.53. The maximum Gasteiger partial charge on any atom is 0.250 e. The zero-order valence-corrected chi connectivity index (χ0v) is 20.9. The molecular weight excluding hydrogens is 513 g/mol. The van der Waals surface area contributed by atoms with Gasteiger partial charge in [-0.1, -0.05) is 28.1 Å². The minimum atomic E-state index is -0.268. The van der Waals surface area contributed by atoms with Crippen LogP contribution in [0.25, 0.3) is 0 Å². The van der Waals surface area contributed by atoms with Crippen molar-refractivity contribution in [3.05, 3.63) is 63.9 Å². The Morgan fingerprint density at radius 2 is 1.54 bits per heavy atom. The molecule has 3 aromatic rings. The van der Waals surface area contributed by atoms with Gasteiger partial charge in [0.05, 0.1) is 6.21 Å². The van der Waals surface area contributed by atoms with Crippen molar-refractivity contribution in [3.63, 3.8) is 0 Å². The molecule has 2 aromatic carbocycles. The molecule has 10 heteroatoms. The van der Waals surface area contributed by atoms with E-state index < -0.39 is 0 Å². The first-order valence-corrected chi connectivity index (χ1v) is 12.7. The Labute approximate surface area is 212 Å². The van der Waals surface area contributed by atoms with E-state index in [0.717, 1.165) is 67.5 Å². The Hall–Kier alpha value is -3.27. The number of hydrogen-bond donors (Lipinski definition) is 1. The van der Waals surface area contributed by atoms with Crippen LogP contribution in [0.2, 0.25) is 0 Å². The Balaban J connectivity index is 1.32. The fourth-order valence-corrected chi connectivity index (χ4v) is 4.55. The summed E-state index contributed by atoms with van der Waals surface area (Å²) in [6.07, 6.45) is 6.27. The quantitative estimate of drug-likeness (QED) is 0.318. The van der Waals surface area contributed by atoms with Gasteiger partial charge >= 0.3 is 0 Å². The molecule has 5 rings (SSSR count). The van der Waals surface area contributed by atoms with Crippen molar-refractivity contribution in [1.82, 2.24) is 15.0 Å². The third-order valence-electron chi connectivity index (χ3n) is 6.04. The largest absolute Gasteiger partial charge is 0.488 e. The van der Waals surface area contributed by atoms with Crippen molar-refractivity contribution in [2.24, 2.45) is 5.10 Å². The van der Waals surface area contributed by atoms with Crippen molar-refractivity contribution >= 4 is 40.0 Å². The standard InChI is InChI=1S/C25H27BrFN7O/c26-20-7-10-22(35-17-18-5-8-21(27)9-6-18)19(15-20)16-28-32-23-29-24(33-11-1-2-12-33)31-25(30-23)34-13-3-4-14-34/h5-10,15-16H,1-4,11-14,17H2,(H,29,30,31,32)/b28-16+. The van der Waals surface area contributed by atoms with E-state index in [9.17, 15) is 4.39 Å². The van der Waals surface area contributed by atoms with Gasteiger partial charge in [0.1, 0.15) is 18.2 Å². The number of nitrogens with one attached hydrogen (secondary N) is 1. The SMILES string of the molecule is Fc1ccc(COc2ccc(Br)cc2/C=N/Nc2nc(N3CCCC3)nc(N3CCCC3)n2)cc1. The molecule has 2 fully saturated rings.